The zero-order valence-electron chi connectivity index (χ0n) is 11.5. The quantitative estimate of drug-likeness (QED) is 0.589. The minimum absolute atomic E-state index is 0.181. The lowest BCUT2D eigenvalue weighted by molar-refractivity contribution is 0.0814. The Hall–Kier alpha value is -1.87. The molecule has 0 atom stereocenters. The van der Waals surface area contributed by atoms with E-state index in [1.54, 1.807) is 13.0 Å². The molecule has 3 nitrogen and oxygen atoms in total. The Morgan fingerprint density at radius 1 is 1.00 bits per heavy atom. The Bertz CT molecular complexity index is 769. The minimum Gasteiger partial charge on any atom is -0.459 e. The average Bonchev–Trinajstić information content (AvgIpc) is 2.75. The molecular formula is C16H13ClO3. The zero-order chi connectivity index (χ0) is 14.6. The van der Waals surface area contributed by atoms with Crippen molar-refractivity contribution in [3.63, 3.8) is 0 Å². The fraction of sp³-hybridized carbons (Fsp3) is 0.250. The number of carbonyl (C=O) groups excluding carboxylic acids is 2. The van der Waals surface area contributed by atoms with Gasteiger partial charge in [-0.25, -0.2) is 0 Å². The van der Waals surface area contributed by atoms with Crippen LogP contribution >= 0.6 is 11.6 Å². The summed E-state index contributed by atoms with van der Waals surface area (Å²) in [5.41, 5.74) is 4.17. The summed E-state index contributed by atoms with van der Waals surface area (Å²) < 4.78 is 5.72. The van der Waals surface area contributed by atoms with Crippen molar-refractivity contribution < 1.29 is 14.0 Å². The molecule has 0 N–H and O–H groups in total. The molecule has 102 valence electrons. The molecule has 0 spiro atoms. The van der Waals surface area contributed by atoms with E-state index < -0.39 is 11.6 Å². The lowest BCUT2D eigenvalue weighted by Crippen LogP contribution is -2.21. The molecule has 1 aromatic heterocycles. The van der Waals surface area contributed by atoms with Crippen LogP contribution in [-0.4, -0.2) is 11.6 Å². The van der Waals surface area contributed by atoms with Gasteiger partial charge in [0.05, 0.1) is 11.4 Å². The maximum Gasteiger partial charge on any atom is 0.237 e. The van der Waals surface area contributed by atoms with Gasteiger partial charge >= 0.3 is 0 Å². The number of halogens is 1. The Morgan fingerprint density at radius 2 is 1.60 bits per heavy atom. The second kappa shape index (κ2) is 4.32. The third-order valence-electron chi connectivity index (χ3n) is 3.92. The highest BCUT2D eigenvalue weighted by Gasteiger charge is 2.36. The van der Waals surface area contributed by atoms with E-state index in [9.17, 15) is 9.59 Å². The van der Waals surface area contributed by atoms with Gasteiger partial charge in [0, 0.05) is 16.7 Å². The van der Waals surface area contributed by atoms with Gasteiger partial charge < -0.3 is 4.42 Å². The van der Waals surface area contributed by atoms with Gasteiger partial charge in [-0.15, -0.1) is 11.6 Å². The standard InChI is InChI=1S/C16H13ClO3/c1-7-4-10-11(5-8(7)2)16-13(15(19)14(10)18)9(3)12(6-17)20-16/h4-5H,6H2,1-3H3. The third-order valence-corrected chi connectivity index (χ3v) is 4.17. The molecule has 1 aliphatic rings. The molecule has 3 rings (SSSR count). The van der Waals surface area contributed by atoms with Gasteiger partial charge in [0.25, 0.3) is 0 Å². The largest absolute Gasteiger partial charge is 0.459 e. The molecule has 0 saturated heterocycles. The van der Waals surface area contributed by atoms with Crippen LogP contribution in [0.2, 0.25) is 0 Å². The van der Waals surface area contributed by atoms with Crippen molar-refractivity contribution in [3.05, 3.63) is 45.7 Å². The lowest BCUT2D eigenvalue weighted by atomic mass is 9.85. The van der Waals surface area contributed by atoms with Crippen LogP contribution in [0.1, 0.15) is 43.2 Å². The van der Waals surface area contributed by atoms with Crippen molar-refractivity contribution in [3.8, 4) is 11.3 Å². The molecule has 4 heteroatoms. The number of benzene rings is 1. The minimum atomic E-state index is -0.506. The molecule has 0 unspecified atom stereocenters. The maximum absolute atomic E-state index is 12.3. The van der Waals surface area contributed by atoms with Crippen LogP contribution in [-0.2, 0) is 5.88 Å². The summed E-state index contributed by atoms with van der Waals surface area (Å²) >= 11 is 5.83. The molecule has 0 aliphatic heterocycles. The maximum atomic E-state index is 12.3. The Kier molecular flexibility index (Phi) is 2.83. The summed E-state index contributed by atoms with van der Waals surface area (Å²) in [5, 5.41) is 0. The van der Waals surface area contributed by atoms with Gasteiger partial charge in [0.15, 0.2) is 0 Å². The number of ketones is 2. The highest BCUT2D eigenvalue weighted by atomic mass is 35.5. The van der Waals surface area contributed by atoms with Crippen LogP contribution in [0.15, 0.2) is 16.5 Å². The van der Waals surface area contributed by atoms with Gasteiger partial charge in [-0.3, -0.25) is 9.59 Å². The predicted octanol–water partition coefficient (Wildman–Crippen LogP) is 3.99. The first-order valence-corrected chi connectivity index (χ1v) is 6.88. The Balaban J connectivity index is 2.40. The monoisotopic (exact) mass is 288 g/mol. The molecule has 0 radical (unpaired) electrons. The van der Waals surface area contributed by atoms with E-state index in [2.05, 4.69) is 0 Å². The van der Waals surface area contributed by atoms with E-state index in [0.29, 0.717) is 33.8 Å². The fourth-order valence-electron chi connectivity index (χ4n) is 2.58. The first-order valence-electron chi connectivity index (χ1n) is 6.34. The van der Waals surface area contributed by atoms with Crippen LogP contribution in [0.5, 0.6) is 0 Å². The number of rotatable bonds is 1. The number of alkyl halides is 1. The summed E-state index contributed by atoms with van der Waals surface area (Å²) in [4.78, 5) is 24.5. The second-order valence-corrected chi connectivity index (χ2v) is 5.40. The van der Waals surface area contributed by atoms with Crippen molar-refractivity contribution >= 4 is 23.2 Å². The molecule has 0 bridgehead atoms. The number of carbonyl (C=O) groups is 2. The van der Waals surface area contributed by atoms with Gasteiger partial charge in [-0.05, 0) is 44.0 Å². The highest BCUT2D eigenvalue weighted by Crippen LogP contribution is 2.39. The van der Waals surface area contributed by atoms with E-state index in [1.165, 1.54) is 0 Å². The van der Waals surface area contributed by atoms with Crippen molar-refractivity contribution in [2.75, 3.05) is 0 Å². The van der Waals surface area contributed by atoms with Crippen LogP contribution < -0.4 is 0 Å². The van der Waals surface area contributed by atoms with Crippen molar-refractivity contribution in [1.29, 1.82) is 0 Å². The number of furan rings is 1. The first-order chi connectivity index (χ1) is 9.45. The van der Waals surface area contributed by atoms with Gasteiger partial charge in [-0.1, -0.05) is 0 Å². The third kappa shape index (κ3) is 1.59. The summed E-state index contributed by atoms with van der Waals surface area (Å²) in [6.45, 7) is 5.65. The van der Waals surface area contributed by atoms with E-state index >= 15 is 0 Å². The molecular weight excluding hydrogens is 276 g/mol. The molecule has 1 aromatic carbocycles. The van der Waals surface area contributed by atoms with E-state index in [4.69, 9.17) is 16.0 Å². The normalized spacial score (nSPS) is 13.4. The van der Waals surface area contributed by atoms with Crippen LogP contribution in [0, 0.1) is 20.8 Å². The van der Waals surface area contributed by atoms with E-state index in [0.717, 1.165) is 11.1 Å². The van der Waals surface area contributed by atoms with Crippen molar-refractivity contribution in [1.82, 2.24) is 0 Å². The Morgan fingerprint density at radius 3 is 2.20 bits per heavy atom. The SMILES string of the molecule is Cc1cc2c(cc1C)-c1oc(CCl)c(C)c1C(=O)C2=O. The van der Waals surface area contributed by atoms with Crippen LogP contribution in [0.3, 0.4) is 0 Å². The number of hydrogen-bond acceptors (Lipinski definition) is 3. The van der Waals surface area contributed by atoms with Gasteiger partial charge in [0.2, 0.25) is 11.6 Å². The molecule has 20 heavy (non-hydrogen) atoms. The van der Waals surface area contributed by atoms with Crippen LogP contribution in [0.25, 0.3) is 11.3 Å². The summed E-state index contributed by atoms with van der Waals surface area (Å²) in [5.74, 6) is 0.222. The zero-order valence-corrected chi connectivity index (χ0v) is 12.2. The van der Waals surface area contributed by atoms with Crippen LogP contribution in [0.4, 0.5) is 0 Å². The number of fused-ring (bicyclic) bond motifs is 3. The molecule has 0 fully saturated rings. The van der Waals surface area contributed by atoms with Gasteiger partial charge in [-0.2, -0.15) is 0 Å². The van der Waals surface area contributed by atoms with Gasteiger partial charge in [0.1, 0.15) is 11.5 Å². The first kappa shape index (κ1) is 13.1. The highest BCUT2D eigenvalue weighted by molar-refractivity contribution is 6.53. The summed E-state index contributed by atoms with van der Waals surface area (Å²) in [6, 6.07) is 3.65. The molecule has 2 aromatic rings. The fourth-order valence-corrected chi connectivity index (χ4v) is 2.83. The second-order valence-electron chi connectivity index (χ2n) is 5.13. The smallest absolute Gasteiger partial charge is 0.237 e. The molecule has 0 saturated carbocycles. The number of Topliss-reactive ketones (excluding diaryl/α,β-unsaturated/α-hetero) is 2. The van der Waals surface area contributed by atoms with E-state index in [1.807, 2.05) is 19.9 Å². The predicted molar refractivity (Wildman–Crippen MR) is 76.6 cm³/mol. The number of hydrogen-bond donors (Lipinski definition) is 0. The number of aryl methyl sites for hydroxylation is 2. The molecule has 1 aliphatic carbocycles. The molecule has 1 heterocycles. The lowest BCUT2D eigenvalue weighted by Gasteiger charge is -2.15. The average molecular weight is 289 g/mol. The summed E-state index contributed by atoms with van der Waals surface area (Å²) in [7, 11) is 0. The topological polar surface area (TPSA) is 47.3 Å². The van der Waals surface area contributed by atoms with E-state index in [-0.39, 0.29) is 5.88 Å². The van der Waals surface area contributed by atoms with Crippen molar-refractivity contribution in [2.24, 2.45) is 0 Å². The van der Waals surface area contributed by atoms with Crippen molar-refractivity contribution in [2.45, 2.75) is 26.7 Å². The Labute approximate surface area is 121 Å². The molecule has 0 amide bonds. The summed E-state index contributed by atoms with van der Waals surface area (Å²) in [6.07, 6.45) is 0.